The maximum atomic E-state index is 11.3. The average Bonchev–Trinajstić information content (AvgIpc) is 2.85. The minimum absolute atomic E-state index is 0.0696. The summed E-state index contributed by atoms with van der Waals surface area (Å²) in [5, 5.41) is 0. The van der Waals surface area contributed by atoms with Crippen LogP contribution in [0.1, 0.15) is 42.2 Å². The van der Waals surface area contributed by atoms with Gasteiger partial charge < -0.3 is 10.3 Å². The zero-order chi connectivity index (χ0) is 12.6. The summed E-state index contributed by atoms with van der Waals surface area (Å²) in [5.74, 6) is -0.636. The Kier molecular flexibility index (Phi) is 3.18. The number of rotatable bonds is 3. The molecule has 1 aromatic rings. The van der Waals surface area contributed by atoms with Crippen LogP contribution >= 0.6 is 10.7 Å². The molecule has 0 radical (unpaired) electrons. The van der Waals surface area contributed by atoms with Gasteiger partial charge in [-0.2, -0.15) is 0 Å². The van der Waals surface area contributed by atoms with Crippen LogP contribution in [0.5, 0.6) is 0 Å². The number of amides is 1. The molecule has 1 fully saturated rings. The lowest BCUT2D eigenvalue weighted by molar-refractivity contribution is 0.0989. The van der Waals surface area contributed by atoms with Gasteiger partial charge in [0.2, 0.25) is 0 Å². The quantitative estimate of drug-likeness (QED) is 0.852. The molecule has 0 bridgehead atoms. The first-order chi connectivity index (χ1) is 7.89. The molecule has 0 unspecified atom stereocenters. The van der Waals surface area contributed by atoms with Crippen molar-refractivity contribution in [2.75, 3.05) is 0 Å². The van der Waals surface area contributed by atoms with E-state index in [1.165, 1.54) is 12.3 Å². The van der Waals surface area contributed by atoms with Crippen LogP contribution in [0.4, 0.5) is 0 Å². The van der Waals surface area contributed by atoms with Crippen molar-refractivity contribution in [2.24, 2.45) is 5.73 Å². The van der Waals surface area contributed by atoms with Crippen molar-refractivity contribution in [3.05, 3.63) is 18.0 Å². The standard InChI is InChI=1S/C10H13ClN2O3S/c11-17(15,16)8-5-9(10(12)14)13(6-8)7-3-1-2-4-7/h5-7H,1-4H2,(H2,12,14). The fraction of sp³-hybridized carbons (Fsp3) is 0.500. The summed E-state index contributed by atoms with van der Waals surface area (Å²) in [5.41, 5.74) is 5.45. The molecule has 0 saturated heterocycles. The van der Waals surface area contributed by atoms with E-state index in [9.17, 15) is 13.2 Å². The van der Waals surface area contributed by atoms with Crippen LogP contribution in [0.2, 0.25) is 0 Å². The van der Waals surface area contributed by atoms with Crippen molar-refractivity contribution in [1.29, 1.82) is 0 Å². The van der Waals surface area contributed by atoms with Gasteiger partial charge in [-0.25, -0.2) is 8.42 Å². The average molecular weight is 277 g/mol. The lowest BCUT2D eigenvalue weighted by atomic mass is 10.2. The molecule has 1 aliphatic carbocycles. The molecule has 2 rings (SSSR count). The van der Waals surface area contributed by atoms with Gasteiger partial charge in [0.1, 0.15) is 10.6 Å². The molecule has 1 aliphatic rings. The number of hydrogen-bond acceptors (Lipinski definition) is 3. The second-order valence-corrected chi connectivity index (χ2v) is 6.77. The van der Waals surface area contributed by atoms with Gasteiger partial charge in [0.25, 0.3) is 15.0 Å². The third-order valence-electron chi connectivity index (χ3n) is 3.08. The summed E-state index contributed by atoms with van der Waals surface area (Å²) < 4.78 is 24.1. The summed E-state index contributed by atoms with van der Waals surface area (Å²) in [7, 11) is 1.44. The molecular weight excluding hydrogens is 264 g/mol. The van der Waals surface area contributed by atoms with E-state index in [4.69, 9.17) is 16.4 Å². The Morgan fingerprint density at radius 3 is 2.47 bits per heavy atom. The van der Waals surface area contributed by atoms with Crippen molar-refractivity contribution in [3.63, 3.8) is 0 Å². The number of nitrogens with two attached hydrogens (primary N) is 1. The second-order valence-electron chi connectivity index (χ2n) is 4.21. The molecule has 2 N–H and O–H groups in total. The van der Waals surface area contributed by atoms with E-state index in [1.807, 2.05) is 0 Å². The lowest BCUT2D eigenvalue weighted by Gasteiger charge is -2.13. The SMILES string of the molecule is NC(=O)c1cc(S(=O)(=O)Cl)cn1C1CCCC1. The molecule has 0 atom stereocenters. The number of halogens is 1. The van der Waals surface area contributed by atoms with Crippen molar-refractivity contribution >= 4 is 25.6 Å². The van der Waals surface area contributed by atoms with Gasteiger partial charge in [-0.1, -0.05) is 12.8 Å². The second kappa shape index (κ2) is 4.34. The monoisotopic (exact) mass is 276 g/mol. The zero-order valence-electron chi connectivity index (χ0n) is 9.10. The Balaban J connectivity index is 2.49. The molecule has 1 heterocycles. The van der Waals surface area contributed by atoms with Gasteiger partial charge in [0.15, 0.2) is 0 Å². The van der Waals surface area contributed by atoms with E-state index in [0.29, 0.717) is 0 Å². The number of carbonyl (C=O) groups excluding carboxylic acids is 1. The van der Waals surface area contributed by atoms with Gasteiger partial charge in [-0.15, -0.1) is 0 Å². The van der Waals surface area contributed by atoms with E-state index < -0.39 is 15.0 Å². The Hall–Kier alpha value is -1.01. The summed E-state index contributed by atoms with van der Waals surface area (Å²) in [6.07, 6.45) is 5.40. The highest BCUT2D eigenvalue weighted by molar-refractivity contribution is 8.13. The molecule has 17 heavy (non-hydrogen) atoms. The lowest BCUT2D eigenvalue weighted by Crippen LogP contribution is -2.18. The van der Waals surface area contributed by atoms with Crippen molar-refractivity contribution in [3.8, 4) is 0 Å². The highest BCUT2D eigenvalue weighted by Gasteiger charge is 2.24. The molecule has 1 saturated carbocycles. The highest BCUT2D eigenvalue weighted by Crippen LogP contribution is 2.32. The van der Waals surface area contributed by atoms with Gasteiger partial charge in [-0.05, 0) is 18.9 Å². The molecular formula is C10H13ClN2O3S. The van der Waals surface area contributed by atoms with E-state index in [-0.39, 0.29) is 16.6 Å². The predicted octanol–water partition coefficient (Wildman–Crippen LogP) is 1.63. The molecule has 94 valence electrons. The van der Waals surface area contributed by atoms with Crippen molar-refractivity contribution < 1.29 is 13.2 Å². The smallest absolute Gasteiger partial charge is 0.265 e. The van der Waals surface area contributed by atoms with E-state index in [0.717, 1.165) is 25.7 Å². The van der Waals surface area contributed by atoms with Gasteiger partial charge in [0, 0.05) is 22.9 Å². The summed E-state index contributed by atoms with van der Waals surface area (Å²) in [6, 6.07) is 1.38. The molecule has 1 aromatic heterocycles. The van der Waals surface area contributed by atoms with E-state index in [1.54, 1.807) is 4.57 Å². The normalized spacial score (nSPS) is 17.5. The number of nitrogens with zero attached hydrogens (tertiary/aromatic N) is 1. The molecule has 7 heteroatoms. The number of carbonyl (C=O) groups is 1. The van der Waals surface area contributed by atoms with Gasteiger partial charge in [-0.3, -0.25) is 4.79 Å². The van der Waals surface area contributed by atoms with Gasteiger partial charge in [0.05, 0.1) is 0 Å². The van der Waals surface area contributed by atoms with Crippen LogP contribution in [-0.2, 0) is 9.05 Å². The van der Waals surface area contributed by atoms with Crippen LogP contribution in [0.15, 0.2) is 17.2 Å². The Morgan fingerprint density at radius 1 is 1.41 bits per heavy atom. The van der Waals surface area contributed by atoms with Crippen LogP contribution in [0, 0.1) is 0 Å². The molecule has 0 aliphatic heterocycles. The number of aromatic nitrogens is 1. The van der Waals surface area contributed by atoms with Crippen LogP contribution in [0.25, 0.3) is 0 Å². The Bertz CT molecular complexity index is 544. The Labute approximate surface area is 104 Å². The molecule has 1 amide bonds. The highest BCUT2D eigenvalue weighted by atomic mass is 35.7. The summed E-state index contributed by atoms with van der Waals surface area (Å²) in [4.78, 5) is 11.2. The largest absolute Gasteiger partial charge is 0.364 e. The minimum Gasteiger partial charge on any atom is -0.364 e. The minimum atomic E-state index is -3.82. The zero-order valence-corrected chi connectivity index (χ0v) is 10.7. The summed E-state index contributed by atoms with van der Waals surface area (Å²) >= 11 is 0. The number of hydrogen-bond donors (Lipinski definition) is 1. The molecule has 0 spiro atoms. The van der Waals surface area contributed by atoms with Crippen LogP contribution in [-0.4, -0.2) is 18.9 Å². The molecule has 0 aromatic carbocycles. The molecule has 5 nitrogen and oxygen atoms in total. The third-order valence-corrected chi connectivity index (χ3v) is 4.40. The fourth-order valence-electron chi connectivity index (χ4n) is 2.27. The first-order valence-electron chi connectivity index (χ1n) is 5.36. The van der Waals surface area contributed by atoms with E-state index >= 15 is 0 Å². The third kappa shape index (κ3) is 2.47. The van der Waals surface area contributed by atoms with Crippen LogP contribution in [0.3, 0.4) is 0 Å². The maximum Gasteiger partial charge on any atom is 0.265 e. The summed E-state index contributed by atoms with van der Waals surface area (Å²) in [6.45, 7) is 0. The van der Waals surface area contributed by atoms with Crippen molar-refractivity contribution in [1.82, 2.24) is 4.57 Å². The van der Waals surface area contributed by atoms with Crippen molar-refractivity contribution in [2.45, 2.75) is 36.6 Å². The first-order valence-corrected chi connectivity index (χ1v) is 7.67. The number of primary amides is 1. The maximum absolute atomic E-state index is 11.3. The Morgan fingerprint density at radius 2 is 2.00 bits per heavy atom. The van der Waals surface area contributed by atoms with Gasteiger partial charge >= 0.3 is 0 Å². The predicted molar refractivity (Wildman–Crippen MR) is 63.5 cm³/mol. The first kappa shape index (κ1) is 12.4. The van der Waals surface area contributed by atoms with Crippen LogP contribution < -0.4 is 5.73 Å². The van der Waals surface area contributed by atoms with E-state index in [2.05, 4.69) is 0 Å². The fourth-order valence-corrected chi connectivity index (χ4v) is 3.01. The topological polar surface area (TPSA) is 82.2 Å².